The summed E-state index contributed by atoms with van der Waals surface area (Å²) in [5.41, 5.74) is 2.23. The Morgan fingerprint density at radius 3 is 2.78 bits per heavy atom. The summed E-state index contributed by atoms with van der Waals surface area (Å²) < 4.78 is 0. The van der Waals surface area contributed by atoms with Crippen molar-refractivity contribution in [3.63, 3.8) is 0 Å². The van der Waals surface area contributed by atoms with Crippen LogP contribution in [0.2, 0.25) is 0 Å². The minimum Gasteiger partial charge on any atom is -0.394 e. The van der Waals surface area contributed by atoms with Crippen LogP contribution in [-0.4, -0.2) is 39.4 Å². The molecule has 1 unspecified atom stereocenters. The Labute approximate surface area is 135 Å². The average molecular weight is 314 g/mol. The SMILES string of the molecule is C=Nc1c(C)nc(NC(CC)CO)nc1NCc1ccccn1. The van der Waals surface area contributed by atoms with E-state index >= 15 is 0 Å². The van der Waals surface area contributed by atoms with Gasteiger partial charge in [0.05, 0.1) is 30.6 Å². The number of rotatable bonds is 8. The van der Waals surface area contributed by atoms with Crippen LogP contribution in [-0.2, 0) is 6.54 Å². The maximum absolute atomic E-state index is 9.31. The Balaban J connectivity index is 2.21. The fourth-order valence-electron chi connectivity index (χ4n) is 2.08. The molecule has 0 saturated carbocycles. The van der Waals surface area contributed by atoms with Crippen molar-refractivity contribution in [2.75, 3.05) is 17.2 Å². The summed E-state index contributed by atoms with van der Waals surface area (Å²) >= 11 is 0. The lowest BCUT2D eigenvalue weighted by Gasteiger charge is -2.16. The first-order chi connectivity index (χ1) is 11.2. The molecule has 0 fully saturated rings. The Bertz CT molecular complexity index is 643. The van der Waals surface area contributed by atoms with Gasteiger partial charge in [-0.3, -0.25) is 9.98 Å². The van der Waals surface area contributed by atoms with Crippen LogP contribution in [0.3, 0.4) is 0 Å². The number of aliphatic hydroxyl groups is 1. The summed E-state index contributed by atoms with van der Waals surface area (Å²) in [6.07, 6.45) is 2.52. The number of aliphatic hydroxyl groups excluding tert-OH is 1. The predicted octanol–water partition coefficient (Wildman–Crippen LogP) is 2.31. The maximum atomic E-state index is 9.31. The van der Waals surface area contributed by atoms with E-state index in [-0.39, 0.29) is 12.6 Å². The molecule has 0 saturated heterocycles. The quantitative estimate of drug-likeness (QED) is 0.647. The van der Waals surface area contributed by atoms with Gasteiger partial charge >= 0.3 is 0 Å². The molecule has 0 radical (unpaired) electrons. The molecule has 3 N–H and O–H groups in total. The molecule has 1 atom stereocenters. The molecule has 23 heavy (non-hydrogen) atoms. The first-order valence-electron chi connectivity index (χ1n) is 7.54. The zero-order chi connectivity index (χ0) is 16.7. The van der Waals surface area contributed by atoms with Crippen molar-refractivity contribution in [3.05, 3.63) is 35.8 Å². The molecule has 2 heterocycles. The number of aliphatic imine (C=N–C) groups is 1. The van der Waals surface area contributed by atoms with Gasteiger partial charge in [-0.05, 0) is 32.2 Å². The van der Waals surface area contributed by atoms with E-state index in [9.17, 15) is 5.11 Å². The Morgan fingerprint density at radius 2 is 2.17 bits per heavy atom. The van der Waals surface area contributed by atoms with Crippen molar-refractivity contribution in [1.29, 1.82) is 0 Å². The second kappa shape index (κ2) is 8.19. The van der Waals surface area contributed by atoms with Crippen molar-refractivity contribution < 1.29 is 5.11 Å². The van der Waals surface area contributed by atoms with Crippen LogP contribution in [0.25, 0.3) is 0 Å². The Kier molecular flexibility index (Phi) is 5.99. The molecule has 0 aliphatic rings. The molecular weight excluding hydrogens is 292 g/mol. The molecule has 0 bridgehead atoms. The van der Waals surface area contributed by atoms with Crippen LogP contribution in [0.1, 0.15) is 24.7 Å². The third-order valence-corrected chi connectivity index (χ3v) is 3.43. The predicted molar refractivity (Wildman–Crippen MR) is 92.3 cm³/mol. The van der Waals surface area contributed by atoms with Gasteiger partial charge in [0.1, 0.15) is 5.69 Å². The molecule has 0 spiro atoms. The van der Waals surface area contributed by atoms with E-state index in [4.69, 9.17) is 0 Å². The van der Waals surface area contributed by atoms with E-state index in [0.717, 1.165) is 12.1 Å². The van der Waals surface area contributed by atoms with Crippen molar-refractivity contribution in [2.45, 2.75) is 32.9 Å². The number of pyridine rings is 1. The number of hydrogen-bond acceptors (Lipinski definition) is 7. The van der Waals surface area contributed by atoms with Crippen LogP contribution in [0, 0.1) is 6.92 Å². The van der Waals surface area contributed by atoms with Crippen LogP contribution in [0.15, 0.2) is 29.4 Å². The number of anilines is 2. The highest BCUT2D eigenvalue weighted by molar-refractivity contribution is 5.67. The fourth-order valence-corrected chi connectivity index (χ4v) is 2.08. The van der Waals surface area contributed by atoms with Crippen LogP contribution < -0.4 is 10.6 Å². The van der Waals surface area contributed by atoms with Crippen molar-refractivity contribution in [3.8, 4) is 0 Å². The fraction of sp³-hybridized carbons (Fsp3) is 0.375. The molecular formula is C16H22N6O. The third kappa shape index (κ3) is 4.46. The summed E-state index contributed by atoms with van der Waals surface area (Å²) in [7, 11) is 0. The summed E-state index contributed by atoms with van der Waals surface area (Å²) in [6, 6.07) is 5.65. The zero-order valence-corrected chi connectivity index (χ0v) is 13.5. The van der Waals surface area contributed by atoms with Crippen LogP contribution in [0.4, 0.5) is 17.5 Å². The first kappa shape index (κ1) is 16.8. The highest BCUT2D eigenvalue weighted by Crippen LogP contribution is 2.27. The van der Waals surface area contributed by atoms with E-state index in [0.29, 0.717) is 29.7 Å². The van der Waals surface area contributed by atoms with Gasteiger partial charge in [0.25, 0.3) is 0 Å². The normalized spacial score (nSPS) is 11.8. The lowest BCUT2D eigenvalue weighted by molar-refractivity contribution is 0.271. The molecule has 2 aromatic rings. The molecule has 122 valence electrons. The van der Waals surface area contributed by atoms with E-state index in [1.165, 1.54) is 0 Å². The maximum Gasteiger partial charge on any atom is 0.225 e. The van der Waals surface area contributed by atoms with E-state index in [1.807, 2.05) is 32.0 Å². The zero-order valence-electron chi connectivity index (χ0n) is 13.5. The van der Waals surface area contributed by atoms with Crippen molar-refractivity contribution in [2.24, 2.45) is 4.99 Å². The number of nitrogens with zero attached hydrogens (tertiary/aromatic N) is 4. The number of aromatic nitrogens is 3. The standard InChI is InChI=1S/C16H22N6O/c1-4-12(10-23)21-16-20-11(2)14(17-3)15(22-16)19-9-13-7-5-6-8-18-13/h5-8,12,23H,3-4,9-10H2,1-2H3,(H2,19,20,21,22). The van der Waals surface area contributed by atoms with E-state index in [2.05, 4.69) is 37.3 Å². The van der Waals surface area contributed by atoms with Crippen LogP contribution in [0.5, 0.6) is 0 Å². The molecule has 0 aliphatic heterocycles. The van der Waals surface area contributed by atoms with Gasteiger partial charge in [0, 0.05) is 6.20 Å². The van der Waals surface area contributed by atoms with E-state index < -0.39 is 0 Å². The lowest BCUT2D eigenvalue weighted by Crippen LogP contribution is -2.24. The van der Waals surface area contributed by atoms with Gasteiger partial charge in [-0.1, -0.05) is 13.0 Å². The minimum absolute atomic E-state index is 0.0249. The van der Waals surface area contributed by atoms with Gasteiger partial charge in [-0.2, -0.15) is 4.98 Å². The first-order valence-corrected chi connectivity index (χ1v) is 7.54. The van der Waals surface area contributed by atoms with Gasteiger partial charge in [-0.15, -0.1) is 0 Å². The largest absolute Gasteiger partial charge is 0.394 e. The second-order valence-electron chi connectivity index (χ2n) is 5.09. The Morgan fingerprint density at radius 1 is 1.35 bits per heavy atom. The number of nitrogens with one attached hydrogen (secondary N) is 2. The topological polar surface area (TPSA) is 95.3 Å². The summed E-state index contributed by atoms with van der Waals surface area (Å²) in [5, 5.41) is 15.6. The second-order valence-corrected chi connectivity index (χ2v) is 5.09. The molecule has 2 aromatic heterocycles. The van der Waals surface area contributed by atoms with Gasteiger partial charge < -0.3 is 15.7 Å². The third-order valence-electron chi connectivity index (χ3n) is 3.43. The average Bonchev–Trinajstić information content (AvgIpc) is 2.58. The number of aryl methyl sites for hydroxylation is 1. The molecule has 0 aliphatic carbocycles. The summed E-state index contributed by atoms with van der Waals surface area (Å²) in [4.78, 5) is 17.1. The summed E-state index contributed by atoms with van der Waals surface area (Å²) in [6.45, 7) is 7.97. The Hall–Kier alpha value is -2.54. The minimum atomic E-state index is -0.0828. The van der Waals surface area contributed by atoms with Gasteiger partial charge in [0.2, 0.25) is 5.95 Å². The summed E-state index contributed by atoms with van der Waals surface area (Å²) in [5.74, 6) is 1.05. The van der Waals surface area contributed by atoms with Gasteiger partial charge in [0.15, 0.2) is 5.82 Å². The molecule has 0 amide bonds. The molecule has 7 heteroatoms. The van der Waals surface area contributed by atoms with Crippen LogP contribution >= 0.6 is 0 Å². The molecule has 7 nitrogen and oxygen atoms in total. The van der Waals surface area contributed by atoms with Gasteiger partial charge in [-0.25, -0.2) is 4.98 Å². The smallest absolute Gasteiger partial charge is 0.225 e. The highest BCUT2D eigenvalue weighted by Gasteiger charge is 2.13. The highest BCUT2D eigenvalue weighted by atomic mass is 16.3. The monoisotopic (exact) mass is 314 g/mol. The molecule has 2 rings (SSSR count). The molecule has 0 aromatic carbocycles. The van der Waals surface area contributed by atoms with E-state index in [1.54, 1.807) is 6.20 Å². The number of hydrogen-bond donors (Lipinski definition) is 3. The van der Waals surface area contributed by atoms with Crippen molar-refractivity contribution >= 4 is 24.2 Å². The van der Waals surface area contributed by atoms with Crippen molar-refractivity contribution in [1.82, 2.24) is 15.0 Å². The lowest BCUT2D eigenvalue weighted by atomic mass is 10.2.